The van der Waals surface area contributed by atoms with Crippen LogP contribution in [-0.4, -0.2) is 14.6 Å². The molecule has 0 aliphatic carbocycles. The van der Waals surface area contributed by atoms with E-state index in [1.807, 2.05) is 54.6 Å². The van der Waals surface area contributed by atoms with Crippen molar-refractivity contribution in [3.63, 3.8) is 0 Å². The lowest BCUT2D eigenvalue weighted by atomic mass is 10.2. The number of nitrogens with zero attached hydrogens (tertiary/aromatic N) is 3. The SMILES string of the molecule is O=c1/c(=C/c2ccc(Br)cc2)sc2nc(-c3ccc(Br)cc3)nn12. The molecular weight excluding hydrogens is 454 g/mol. The third kappa shape index (κ3) is 2.94. The van der Waals surface area contributed by atoms with Gasteiger partial charge >= 0.3 is 0 Å². The van der Waals surface area contributed by atoms with Crippen LogP contribution in [0.3, 0.4) is 0 Å². The van der Waals surface area contributed by atoms with E-state index in [4.69, 9.17) is 0 Å². The Bertz CT molecular complexity index is 1130. The summed E-state index contributed by atoms with van der Waals surface area (Å²) in [6.07, 6.45) is 1.86. The number of hydrogen-bond acceptors (Lipinski definition) is 4. The van der Waals surface area contributed by atoms with E-state index in [0.29, 0.717) is 15.3 Å². The third-order valence-corrected chi connectivity index (χ3v) is 5.47. The molecule has 0 bridgehead atoms. The van der Waals surface area contributed by atoms with Gasteiger partial charge in [0.1, 0.15) is 0 Å². The van der Waals surface area contributed by atoms with E-state index in [-0.39, 0.29) is 5.56 Å². The lowest BCUT2D eigenvalue weighted by Gasteiger charge is -1.94. The van der Waals surface area contributed by atoms with Crippen molar-refractivity contribution in [3.8, 4) is 11.4 Å². The monoisotopic (exact) mass is 461 g/mol. The van der Waals surface area contributed by atoms with Crippen molar-refractivity contribution < 1.29 is 0 Å². The van der Waals surface area contributed by atoms with Crippen molar-refractivity contribution in [1.29, 1.82) is 0 Å². The Morgan fingerprint density at radius 1 is 0.958 bits per heavy atom. The third-order valence-electron chi connectivity index (χ3n) is 3.45. The van der Waals surface area contributed by atoms with Crippen LogP contribution in [0, 0.1) is 0 Å². The van der Waals surface area contributed by atoms with E-state index >= 15 is 0 Å². The Labute approximate surface area is 157 Å². The summed E-state index contributed by atoms with van der Waals surface area (Å²) in [6, 6.07) is 15.5. The number of halogens is 2. The van der Waals surface area contributed by atoms with Gasteiger partial charge in [-0.25, -0.2) is 0 Å². The number of aromatic nitrogens is 3. The summed E-state index contributed by atoms with van der Waals surface area (Å²) < 4.78 is 3.98. The summed E-state index contributed by atoms with van der Waals surface area (Å²) in [5, 5.41) is 4.35. The standard InChI is InChI=1S/C17H9Br2N3OS/c18-12-5-1-10(2-6-12)9-14-16(23)22-17(24-14)20-15(21-22)11-3-7-13(19)8-4-11/h1-9H/b14-9-. The molecule has 0 radical (unpaired) electrons. The van der Waals surface area contributed by atoms with Gasteiger partial charge in [0.15, 0.2) is 5.82 Å². The van der Waals surface area contributed by atoms with Crippen LogP contribution >= 0.6 is 43.2 Å². The lowest BCUT2D eigenvalue weighted by molar-refractivity contribution is 0.937. The van der Waals surface area contributed by atoms with Gasteiger partial charge in [-0.05, 0) is 35.9 Å². The molecule has 0 saturated carbocycles. The van der Waals surface area contributed by atoms with Gasteiger partial charge in [-0.1, -0.05) is 67.5 Å². The maximum atomic E-state index is 12.5. The van der Waals surface area contributed by atoms with Crippen LogP contribution in [-0.2, 0) is 0 Å². The Morgan fingerprint density at radius 2 is 1.58 bits per heavy atom. The minimum Gasteiger partial charge on any atom is -0.266 e. The van der Waals surface area contributed by atoms with Crippen molar-refractivity contribution in [2.24, 2.45) is 0 Å². The number of hydrogen-bond donors (Lipinski definition) is 0. The van der Waals surface area contributed by atoms with Gasteiger partial charge in [-0.15, -0.1) is 5.10 Å². The minimum absolute atomic E-state index is 0.145. The Morgan fingerprint density at radius 3 is 2.21 bits per heavy atom. The highest BCUT2D eigenvalue weighted by molar-refractivity contribution is 9.10. The molecule has 0 aliphatic heterocycles. The molecule has 24 heavy (non-hydrogen) atoms. The average Bonchev–Trinajstić information content (AvgIpc) is 3.11. The lowest BCUT2D eigenvalue weighted by Crippen LogP contribution is -2.23. The first-order valence-electron chi connectivity index (χ1n) is 7.03. The van der Waals surface area contributed by atoms with Gasteiger partial charge in [0.05, 0.1) is 4.53 Å². The summed E-state index contributed by atoms with van der Waals surface area (Å²) in [5.74, 6) is 0.557. The Hall–Kier alpha value is -1.83. The van der Waals surface area contributed by atoms with E-state index in [0.717, 1.165) is 20.1 Å². The summed E-state index contributed by atoms with van der Waals surface area (Å²) in [5.41, 5.74) is 1.70. The highest BCUT2D eigenvalue weighted by atomic mass is 79.9. The largest absolute Gasteiger partial charge is 0.291 e. The molecule has 2 aromatic carbocycles. The van der Waals surface area contributed by atoms with Crippen LogP contribution in [0.15, 0.2) is 62.3 Å². The Kier molecular flexibility index (Phi) is 4.07. The van der Waals surface area contributed by atoms with Gasteiger partial charge < -0.3 is 0 Å². The second-order valence-corrected chi connectivity index (χ2v) is 7.94. The van der Waals surface area contributed by atoms with E-state index in [1.54, 1.807) is 0 Å². The number of thiazole rings is 1. The molecule has 4 nitrogen and oxygen atoms in total. The molecule has 0 aliphatic rings. The molecule has 2 heterocycles. The molecule has 0 spiro atoms. The maximum absolute atomic E-state index is 12.5. The number of fused-ring (bicyclic) bond motifs is 1. The second-order valence-electron chi connectivity index (χ2n) is 5.10. The van der Waals surface area contributed by atoms with Gasteiger partial charge in [-0.3, -0.25) is 4.79 Å². The molecule has 4 aromatic rings. The van der Waals surface area contributed by atoms with Gasteiger partial charge in [0.2, 0.25) is 4.96 Å². The second kappa shape index (κ2) is 6.23. The first kappa shape index (κ1) is 15.7. The molecule has 2 aromatic heterocycles. The smallest absolute Gasteiger partial charge is 0.266 e. The average molecular weight is 463 g/mol. The summed E-state index contributed by atoms with van der Waals surface area (Å²) in [6.45, 7) is 0. The van der Waals surface area contributed by atoms with Crippen molar-refractivity contribution in [2.45, 2.75) is 0 Å². The zero-order valence-corrected chi connectivity index (χ0v) is 16.1. The predicted octanol–water partition coefficient (Wildman–Crippen LogP) is 3.89. The molecule has 7 heteroatoms. The van der Waals surface area contributed by atoms with E-state index in [1.165, 1.54) is 15.9 Å². The van der Waals surface area contributed by atoms with E-state index in [9.17, 15) is 4.79 Å². The number of rotatable bonds is 2. The van der Waals surface area contributed by atoms with Gasteiger partial charge in [0.25, 0.3) is 5.56 Å². The molecular formula is C17H9Br2N3OS. The molecule has 0 saturated heterocycles. The van der Waals surface area contributed by atoms with Gasteiger partial charge in [0, 0.05) is 14.5 Å². The fourth-order valence-corrected chi connectivity index (χ4v) is 3.70. The quantitative estimate of drug-likeness (QED) is 0.454. The van der Waals surface area contributed by atoms with Crippen LogP contribution < -0.4 is 10.1 Å². The van der Waals surface area contributed by atoms with Crippen LogP contribution in [0.4, 0.5) is 0 Å². The summed E-state index contributed by atoms with van der Waals surface area (Å²) in [4.78, 5) is 17.6. The highest BCUT2D eigenvalue weighted by Gasteiger charge is 2.11. The molecule has 0 N–H and O–H groups in total. The molecule has 0 unspecified atom stereocenters. The minimum atomic E-state index is -0.145. The summed E-state index contributed by atoms with van der Waals surface area (Å²) in [7, 11) is 0. The van der Waals surface area contributed by atoms with Crippen molar-refractivity contribution >= 4 is 54.2 Å². The van der Waals surface area contributed by atoms with E-state index in [2.05, 4.69) is 41.9 Å². The number of benzene rings is 2. The fourth-order valence-electron chi connectivity index (χ4n) is 2.27. The predicted molar refractivity (Wildman–Crippen MR) is 103 cm³/mol. The zero-order valence-electron chi connectivity index (χ0n) is 12.1. The van der Waals surface area contributed by atoms with Gasteiger partial charge in [-0.2, -0.15) is 9.50 Å². The normalized spacial score (nSPS) is 12.2. The van der Waals surface area contributed by atoms with Crippen molar-refractivity contribution in [3.05, 3.63) is 77.9 Å². The Balaban J connectivity index is 1.79. The van der Waals surface area contributed by atoms with Crippen LogP contribution in [0.25, 0.3) is 22.4 Å². The van der Waals surface area contributed by atoms with E-state index < -0.39 is 0 Å². The van der Waals surface area contributed by atoms with Crippen molar-refractivity contribution in [1.82, 2.24) is 14.6 Å². The molecule has 0 atom stereocenters. The maximum Gasteiger partial charge on any atom is 0.291 e. The van der Waals surface area contributed by atoms with Crippen molar-refractivity contribution in [2.75, 3.05) is 0 Å². The molecule has 4 rings (SSSR count). The fraction of sp³-hybridized carbons (Fsp3) is 0. The zero-order chi connectivity index (χ0) is 16.7. The van der Waals surface area contributed by atoms with Crippen LogP contribution in [0.1, 0.15) is 5.56 Å². The topological polar surface area (TPSA) is 47.3 Å². The summed E-state index contributed by atoms with van der Waals surface area (Å²) >= 11 is 8.14. The molecule has 118 valence electrons. The molecule has 0 amide bonds. The first-order chi connectivity index (χ1) is 11.6. The molecule has 0 fully saturated rings. The first-order valence-corrected chi connectivity index (χ1v) is 9.43. The van der Waals surface area contributed by atoms with Crippen LogP contribution in [0.2, 0.25) is 0 Å². The van der Waals surface area contributed by atoms with Crippen LogP contribution in [0.5, 0.6) is 0 Å². The highest BCUT2D eigenvalue weighted by Crippen LogP contribution is 2.19.